The largest absolute Gasteiger partial charge is 0.396 e. The summed E-state index contributed by atoms with van der Waals surface area (Å²) in [6.07, 6.45) is 0. The average Bonchev–Trinajstić information content (AvgIpc) is 2.77. The van der Waals surface area contributed by atoms with E-state index in [4.69, 9.17) is 0 Å². The Morgan fingerprint density at radius 1 is 1.17 bits per heavy atom. The lowest BCUT2D eigenvalue weighted by Crippen LogP contribution is -2.39. The van der Waals surface area contributed by atoms with Crippen LogP contribution in [0.25, 0.3) is 0 Å². The van der Waals surface area contributed by atoms with E-state index in [-0.39, 0.29) is 18.6 Å². The quantitative estimate of drug-likeness (QED) is 0.845. The van der Waals surface area contributed by atoms with Gasteiger partial charge in [0, 0.05) is 36.0 Å². The minimum absolute atomic E-state index is 0.0568. The van der Waals surface area contributed by atoms with E-state index in [0.29, 0.717) is 6.54 Å². The summed E-state index contributed by atoms with van der Waals surface area (Å²) in [4.78, 5) is 6.43. The molecule has 0 amide bonds. The molecule has 0 fully saturated rings. The van der Waals surface area contributed by atoms with Crippen LogP contribution < -0.4 is 4.90 Å². The van der Waals surface area contributed by atoms with Crippen LogP contribution in [0.3, 0.4) is 0 Å². The van der Waals surface area contributed by atoms with Crippen molar-refractivity contribution in [1.29, 1.82) is 0 Å². The SMILES string of the molecule is CN(CC(C)(CO)CO)c1nc(C(C)(C)C)ns1. The molecule has 0 aliphatic carbocycles. The summed E-state index contributed by atoms with van der Waals surface area (Å²) in [5, 5.41) is 19.4. The molecular weight excluding hydrogens is 250 g/mol. The molecule has 0 radical (unpaired) electrons. The molecule has 2 N–H and O–H groups in total. The molecule has 1 heterocycles. The van der Waals surface area contributed by atoms with E-state index in [1.807, 2.05) is 18.9 Å². The summed E-state index contributed by atoms with van der Waals surface area (Å²) in [7, 11) is 1.90. The van der Waals surface area contributed by atoms with E-state index in [0.717, 1.165) is 11.0 Å². The van der Waals surface area contributed by atoms with Gasteiger partial charge < -0.3 is 15.1 Å². The molecule has 1 aromatic heterocycles. The van der Waals surface area contributed by atoms with E-state index >= 15 is 0 Å². The van der Waals surface area contributed by atoms with E-state index in [2.05, 4.69) is 30.1 Å². The van der Waals surface area contributed by atoms with Gasteiger partial charge in [0.1, 0.15) is 5.82 Å². The maximum Gasteiger partial charge on any atom is 0.204 e. The number of anilines is 1. The predicted molar refractivity (Wildman–Crippen MR) is 74.2 cm³/mol. The maximum absolute atomic E-state index is 9.30. The molecule has 0 aliphatic heterocycles. The van der Waals surface area contributed by atoms with Crippen LogP contribution in [0.5, 0.6) is 0 Å². The van der Waals surface area contributed by atoms with Gasteiger partial charge in [0.15, 0.2) is 0 Å². The van der Waals surface area contributed by atoms with Crippen LogP contribution in [0.2, 0.25) is 0 Å². The molecule has 0 atom stereocenters. The predicted octanol–water partition coefficient (Wildman–Crippen LogP) is 1.26. The van der Waals surface area contributed by atoms with Gasteiger partial charge in [0.05, 0.1) is 13.2 Å². The van der Waals surface area contributed by atoms with E-state index in [1.165, 1.54) is 11.5 Å². The first-order valence-corrected chi connectivity index (χ1v) is 6.76. The average molecular weight is 273 g/mol. The Hall–Kier alpha value is -0.720. The van der Waals surface area contributed by atoms with E-state index < -0.39 is 5.41 Å². The third-order valence-corrected chi connectivity index (χ3v) is 3.63. The van der Waals surface area contributed by atoms with Crippen LogP contribution >= 0.6 is 11.5 Å². The highest BCUT2D eigenvalue weighted by molar-refractivity contribution is 7.09. The molecular formula is C12H23N3O2S. The molecule has 0 spiro atoms. The van der Waals surface area contributed by atoms with Crippen molar-refractivity contribution < 1.29 is 10.2 Å². The molecule has 18 heavy (non-hydrogen) atoms. The van der Waals surface area contributed by atoms with Gasteiger partial charge in [0.2, 0.25) is 5.13 Å². The number of aromatic nitrogens is 2. The number of aliphatic hydroxyl groups is 2. The Kier molecular flexibility index (Phi) is 4.69. The van der Waals surface area contributed by atoms with Gasteiger partial charge >= 0.3 is 0 Å². The second-order valence-electron chi connectivity index (χ2n) is 6.13. The van der Waals surface area contributed by atoms with Crippen molar-refractivity contribution in [2.75, 3.05) is 31.7 Å². The number of rotatable bonds is 5. The molecule has 0 aromatic carbocycles. The van der Waals surface area contributed by atoms with E-state index in [9.17, 15) is 10.2 Å². The minimum atomic E-state index is -0.525. The summed E-state index contributed by atoms with van der Waals surface area (Å²) < 4.78 is 4.35. The Morgan fingerprint density at radius 3 is 2.11 bits per heavy atom. The molecule has 1 rings (SSSR count). The fourth-order valence-corrected chi connectivity index (χ4v) is 2.28. The van der Waals surface area contributed by atoms with E-state index in [1.54, 1.807) is 0 Å². The normalized spacial score (nSPS) is 12.8. The number of aliphatic hydroxyl groups excluding tert-OH is 2. The first-order valence-electron chi connectivity index (χ1n) is 5.99. The Morgan fingerprint density at radius 2 is 1.72 bits per heavy atom. The van der Waals surface area contributed by atoms with Gasteiger partial charge in [-0.2, -0.15) is 4.37 Å². The summed E-state index contributed by atoms with van der Waals surface area (Å²) in [5.74, 6) is 0.823. The van der Waals surface area contributed by atoms with Crippen LogP contribution in [0.4, 0.5) is 5.13 Å². The second kappa shape index (κ2) is 5.50. The van der Waals surface area contributed by atoms with Crippen molar-refractivity contribution in [3.05, 3.63) is 5.82 Å². The molecule has 5 nitrogen and oxygen atoms in total. The summed E-state index contributed by atoms with van der Waals surface area (Å²) in [6, 6.07) is 0. The maximum atomic E-state index is 9.30. The van der Waals surface area contributed by atoms with Gasteiger partial charge in [0.25, 0.3) is 0 Å². The Balaban J connectivity index is 2.79. The summed E-state index contributed by atoms with van der Waals surface area (Å²) >= 11 is 1.35. The third kappa shape index (κ3) is 3.63. The zero-order valence-electron chi connectivity index (χ0n) is 11.8. The highest BCUT2D eigenvalue weighted by Crippen LogP contribution is 2.26. The van der Waals surface area contributed by atoms with Crippen molar-refractivity contribution in [3.63, 3.8) is 0 Å². The fourth-order valence-electron chi connectivity index (χ4n) is 1.47. The van der Waals surface area contributed by atoms with Crippen LogP contribution in [-0.4, -0.2) is 46.4 Å². The lowest BCUT2D eigenvalue weighted by molar-refractivity contribution is 0.0762. The van der Waals surface area contributed by atoms with Gasteiger partial charge in [-0.3, -0.25) is 0 Å². The van der Waals surface area contributed by atoms with Gasteiger partial charge in [-0.05, 0) is 0 Å². The Bertz CT molecular complexity index is 383. The number of hydrogen-bond acceptors (Lipinski definition) is 6. The van der Waals surface area contributed by atoms with Crippen LogP contribution in [0, 0.1) is 5.41 Å². The molecule has 6 heteroatoms. The van der Waals surface area contributed by atoms with Gasteiger partial charge in [-0.1, -0.05) is 27.7 Å². The lowest BCUT2D eigenvalue weighted by atomic mass is 9.93. The summed E-state index contributed by atoms with van der Waals surface area (Å²) in [5.41, 5.74) is -0.588. The molecule has 0 unspecified atom stereocenters. The van der Waals surface area contributed by atoms with Crippen molar-refractivity contribution in [3.8, 4) is 0 Å². The van der Waals surface area contributed by atoms with Crippen molar-refractivity contribution >= 4 is 16.7 Å². The monoisotopic (exact) mass is 273 g/mol. The lowest BCUT2D eigenvalue weighted by Gasteiger charge is -2.29. The van der Waals surface area contributed by atoms with Crippen LogP contribution in [0.1, 0.15) is 33.5 Å². The molecule has 1 aromatic rings. The van der Waals surface area contributed by atoms with Crippen molar-refractivity contribution in [2.24, 2.45) is 5.41 Å². The van der Waals surface area contributed by atoms with Gasteiger partial charge in [-0.25, -0.2) is 4.98 Å². The fraction of sp³-hybridized carbons (Fsp3) is 0.833. The zero-order valence-corrected chi connectivity index (χ0v) is 12.6. The molecule has 0 saturated heterocycles. The number of hydrogen-bond donors (Lipinski definition) is 2. The van der Waals surface area contributed by atoms with Crippen molar-refractivity contribution in [1.82, 2.24) is 9.36 Å². The molecule has 0 saturated carbocycles. The summed E-state index contributed by atoms with van der Waals surface area (Å²) in [6.45, 7) is 8.49. The third-order valence-electron chi connectivity index (χ3n) is 2.80. The zero-order chi connectivity index (χ0) is 14.0. The van der Waals surface area contributed by atoms with Crippen molar-refractivity contribution in [2.45, 2.75) is 33.1 Å². The first-order chi connectivity index (χ1) is 8.22. The molecule has 104 valence electrons. The number of nitrogens with zero attached hydrogens (tertiary/aromatic N) is 3. The van der Waals surface area contributed by atoms with Crippen LogP contribution in [0.15, 0.2) is 0 Å². The topological polar surface area (TPSA) is 69.5 Å². The minimum Gasteiger partial charge on any atom is -0.396 e. The first kappa shape index (κ1) is 15.3. The highest BCUT2D eigenvalue weighted by atomic mass is 32.1. The molecule has 0 bridgehead atoms. The second-order valence-corrected chi connectivity index (χ2v) is 6.86. The standard InChI is InChI=1S/C12H23N3O2S/c1-11(2,3)9-13-10(18-14-9)15(5)6-12(4,7-16)8-17/h16-17H,6-8H2,1-5H3. The highest BCUT2D eigenvalue weighted by Gasteiger charge is 2.27. The van der Waals surface area contributed by atoms with Gasteiger partial charge in [-0.15, -0.1) is 0 Å². The Labute approximate surface area is 113 Å². The molecule has 0 aliphatic rings. The smallest absolute Gasteiger partial charge is 0.204 e. The van der Waals surface area contributed by atoms with Crippen LogP contribution in [-0.2, 0) is 5.41 Å².